The van der Waals surface area contributed by atoms with Crippen molar-refractivity contribution in [1.82, 2.24) is 0 Å². The van der Waals surface area contributed by atoms with Crippen molar-refractivity contribution in [3.8, 4) is 5.75 Å². The van der Waals surface area contributed by atoms with Gasteiger partial charge in [0.25, 0.3) is 0 Å². The number of unbranched alkanes of at least 4 members (excludes halogenated alkanes) is 1. The molecule has 1 aromatic rings. The van der Waals surface area contributed by atoms with Crippen LogP contribution in [0.3, 0.4) is 0 Å². The zero-order valence-corrected chi connectivity index (χ0v) is 13.7. The summed E-state index contributed by atoms with van der Waals surface area (Å²) in [5, 5.41) is 0. The summed E-state index contributed by atoms with van der Waals surface area (Å²) in [6.45, 7) is 8.89. The molecule has 1 atom stereocenters. The molecule has 0 bridgehead atoms. The van der Waals surface area contributed by atoms with E-state index in [1.54, 1.807) is 0 Å². The first-order valence-corrected chi connectivity index (χ1v) is 8.01. The van der Waals surface area contributed by atoms with Crippen molar-refractivity contribution < 1.29 is 14.3 Å². The maximum atomic E-state index is 11.8. The fourth-order valence-electron chi connectivity index (χ4n) is 2.25. The van der Waals surface area contributed by atoms with Crippen LogP contribution in [0.5, 0.6) is 5.75 Å². The minimum Gasteiger partial charge on any atom is -0.434 e. The lowest BCUT2D eigenvalue weighted by atomic mass is 10.0. The van der Waals surface area contributed by atoms with Crippen LogP contribution in [0.2, 0.25) is 0 Å². The summed E-state index contributed by atoms with van der Waals surface area (Å²) in [6.07, 6.45) is 3.87. The highest BCUT2D eigenvalue weighted by molar-refractivity contribution is 5.64. The lowest BCUT2D eigenvalue weighted by Crippen LogP contribution is -2.17. The average molecular weight is 292 g/mol. The van der Waals surface area contributed by atoms with Gasteiger partial charge in [-0.2, -0.15) is 0 Å². The third kappa shape index (κ3) is 6.19. The van der Waals surface area contributed by atoms with Crippen LogP contribution < -0.4 is 4.74 Å². The standard InChI is InChI=1S/C18H28O3/c1-5-7-10-15(6-2)13-20-18(19)21-17-12-9-8-11-16(17)14(3)4/h8-9,11-12,14-15H,5-7,10,13H2,1-4H3. The Labute approximate surface area is 128 Å². The highest BCUT2D eigenvalue weighted by Gasteiger charge is 2.14. The lowest BCUT2D eigenvalue weighted by Gasteiger charge is -2.16. The predicted octanol–water partition coefficient (Wildman–Crippen LogP) is 5.54. The maximum absolute atomic E-state index is 11.8. The van der Waals surface area contributed by atoms with Crippen molar-refractivity contribution in [2.45, 2.75) is 59.3 Å². The minimum absolute atomic E-state index is 0.307. The second kappa shape index (κ2) is 9.43. The van der Waals surface area contributed by atoms with E-state index in [-0.39, 0.29) is 0 Å². The van der Waals surface area contributed by atoms with Crippen molar-refractivity contribution in [2.75, 3.05) is 6.61 Å². The van der Waals surface area contributed by atoms with E-state index in [1.807, 2.05) is 24.3 Å². The molecule has 21 heavy (non-hydrogen) atoms. The fraction of sp³-hybridized carbons (Fsp3) is 0.611. The van der Waals surface area contributed by atoms with Crippen molar-refractivity contribution >= 4 is 6.16 Å². The van der Waals surface area contributed by atoms with Crippen LogP contribution in [-0.4, -0.2) is 12.8 Å². The van der Waals surface area contributed by atoms with E-state index in [1.165, 1.54) is 12.8 Å². The molecular formula is C18H28O3. The van der Waals surface area contributed by atoms with E-state index in [4.69, 9.17) is 9.47 Å². The Morgan fingerprint density at radius 2 is 1.90 bits per heavy atom. The second-order valence-electron chi connectivity index (χ2n) is 5.77. The molecule has 0 aliphatic carbocycles. The van der Waals surface area contributed by atoms with Gasteiger partial charge in [0, 0.05) is 0 Å². The van der Waals surface area contributed by atoms with Crippen molar-refractivity contribution in [1.29, 1.82) is 0 Å². The molecule has 0 radical (unpaired) electrons. The molecule has 0 aliphatic rings. The van der Waals surface area contributed by atoms with E-state index < -0.39 is 6.16 Å². The number of hydrogen-bond donors (Lipinski definition) is 0. The number of rotatable bonds is 8. The van der Waals surface area contributed by atoms with E-state index in [9.17, 15) is 4.79 Å². The van der Waals surface area contributed by atoms with Crippen molar-refractivity contribution in [3.05, 3.63) is 29.8 Å². The quantitative estimate of drug-likeness (QED) is 0.466. The average Bonchev–Trinajstić information content (AvgIpc) is 2.47. The third-order valence-electron chi connectivity index (χ3n) is 3.71. The summed E-state index contributed by atoms with van der Waals surface area (Å²) in [5.41, 5.74) is 1.02. The second-order valence-corrected chi connectivity index (χ2v) is 5.77. The monoisotopic (exact) mass is 292 g/mol. The van der Waals surface area contributed by atoms with Crippen molar-refractivity contribution in [2.24, 2.45) is 5.92 Å². The molecule has 0 saturated heterocycles. The largest absolute Gasteiger partial charge is 0.513 e. The molecule has 0 heterocycles. The summed E-state index contributed by atoms with van der Waals surface area (Å²) >= 11 is 0. The molecule has 1 aromatic carbocycles. The number of carbonyl (C=O) groups is 1. The molecule has 1 unspecified atom stereocenters. The van der Waals surface area contributed by atoms with Gasteiger partial charge in [0.2, 0.25) is 0 Å². The highest BCUT2D eigenvalue weighted by atomic mass is 16.7. The van der Waals surface area contributed by atoms with Crippen LogP contribution >= 0.6 is 0 Å². The smallest absolute Gasteiger partial charge is 0.434 e. The van der Waals surface area contributed by atoms with Gasteiger partial charge in [-0.15, -0.1) is 0 Å². The summed E-state index contributed by atoms with van der Waals surface area (Å²) in [5.74, 6) is 1.33. The molecule has 0 aliphatic heterocycles. The number of carbonyl (C=O) groups excluding carboxylic acids is 1. The maximum Gasteiger partial charge on any atom is 0.513 e. The Morgan fingerprint density at radius 1 is 1.19 bits per heavy atom. The summed E-state index contributed by atoms with van der Waals surface area (Å²) in [6, 6.07) is 7.60. The van der Waals surface area contributed by atoms with Gasteiger partial charge in [-0.05, 0) is 29.9 Å². The van der Waals surface area contributed by atoms with E-state index in [0.717, 1.165) is 18.4 Å². The summed E-state index contributed by atoms with van der Waals surface area (Å²) in [4.78, 5) is 11.8. The van der Waals surface area contributed by atoms with Gasteiger partial charge in [0.15, 0.2) is 0 Å². The first kappa shape index (κ1) is 17.5. The van der Waals surface area contributed by atoms with Crippen molar-refractivity contribution in [3.63, 3.8) is 0 Å². The molecule has 0 spiro atoms. The SMILES string of the molecule is CCCCC(CC)COC(=O)Oc1ccccc1C(C)C. The van der Waals surface area contributed by atoms with Crippen LogP contribution in [0.25, 0.3) is 0 Å². The summed E-state index contributed by atoms with van der Waals surface area (Å²) in [7, 11) is 0. The zero-order chi connectivity index (χ0) is 15.7. The van der Waals surface area contributed by atoms with Crippen LogP contribution in [0, 0.1) is 5.92 Å². The van der Waals surface area contributed by atoms with Gasteiger partial charge in [0.05, 0.1) is 6.61 Å². The first-order valence-electron chi connectivity index (χ1n) is 8.01. The molecule has 0 N–H and O–H groups in total. The predicted molar refractivity (Wildman–Crippen MR) is 85.8 cm³/mol. The van der Waals surface area contributed by atoms with Crippen LogP contribution in [0.1, 0.15) is 64.9 Å². The molecule has 118 valence electrons. The number of para-hydroxylation sites is 1. The van der Waals surface area contributed by atoms with Crippen LogP contribution in [0.15, 0.2) is 24.3 Å². The Kier molecular flexibility index (Phi) is 7.88. The van der Waals surface area contributed by atoms with Gasteiger partial charge in [-0.1, -0.05) is 65.2 Å². The van der Waals surface area contributed by atoms with Gasteiger partial charge in [-0.3, -0.25) is 0 Å². The van der Waals surface area contributed by atoms with Gasteiger partial charge in [-0.25, -0.2) is 4.79 Å². The molecule has 0 fully saturated rings. The van der Waals surface area contributed by atoms with E-state index in [0.29, 0.717) is 24.2 Å². The molecule has 3 nitrogen and oxygen atoms in total. The zero-order valence-electron chi connectivity index (χ0n) is 13.7. The molecular weight excluding hydrogens is 264 g/mol. The first-order chi connectivity index (χ1) is 10.1. The molecule has 0 aromatic heterocycles. The fourth-order valence-corrected chi connectivity index (χ4v) is 2.25. The highest BCUT2D eigenvalue weighted by Crippen LogP contribution is 2.26. The normalized spacial score (nSPS) is 12.2. The number of hydrogen-bond acceptors (Lipinski definition) is 3. The molecule has 0 amide bonds. The lowest BCUT2D eigenvalue weighted by molar-refractivity contribution is 0.0808. The van der Waals surface area contributed by atoms with Crippen LogP contribution in [-0.2, 0) is 4.74 Å². The van der Waals surface area contributed by atoms with Gasteiger partial charge < -0.3 is 9.47 Å². The Morgan fingerprint density at radius 3 is 2.52 bits per heavy atom. The van der Waals surface area contributed by atoms with Crippen LogP contribution in [0.4, 0.5) is 4.79 Å². The number of ether oxygens (including phenoxy) is 2. The summed E-state index contributed by atoms with van der Waals surface area (Å²) < 4.78 is 10.6. The topological polar surface area (TPSA) is 35.5 Å². The molecule has 1 rings (SSSR count). The Hall–Kier alpha value is -1.51. The molecule has 0 saturated carbocycles. The third-order valence-corrected chi connectivity index (χ3v) is 3.71. The number of benzene rings is 1. The van der Waals surface area contributed by atoms with Gasteiger partial charge >= 0.3 is 6.16 Å². The Balaban J connectivity index is 2.50. The van der Waals surface area contributed by atoms with Gasteiger partial charge in [0.1, 0.15) is 5.75 Å². The van der Waals surface area contributed by atoms with E-state index in [2.05, 4.69) is 27.7 Å². The minimum atomic E-state index is -0.599. The van der Waals surface area contributed by atoms with E-state index >= 15 is 0 Å². The Bertz CT molecular complexity index is 426. The molecule has 3 heteroatoms.